The molecule has 0 aromatic heterocycles. The lowest BCUT2D eigenvalue weighted by molar-refractivity contribution is -0.137. The van der Waals surface area contributed by atoms with E-state index in [0.717, 1.165) is 11.1 Å². The van der Waals surface area contributed by atoms with Crippen molar-refractivity contribution in [2.45, 2.75) is 61.3 Å². The van der Waals surface area contributed by atoms with E-state index in [9.17, 15) is 23.1 Å². The Morgan fingerprint density at radius 3 is 2.13 bits per heavy atom. The van der Waals surface area contributed by atoms with Gasteiger partial charge in [0, 0.05) is 25.7 Å². The number of amides is 1. The highest BCUT2D eigenvalue weighted by molar-refractivity contribution is 7.93. The summed E-state index contributed by atoms with van der Waals surface area (Å²) in [6.07, 6.45) is -0.150. The van der Waals surface area contributed by atoms with Crippen molar-refractivity contribution in [2.75, 3.05) is 33.9 Å². The summed E-state index contributed by atoms with van der Waals surface area (Å²) in [5.74, 6) is 0.214. The second-order valence-electron chi connectivity index (χ2n) is 12.2. The fraction of sp³-hybridized carbons (Fsp3) is 0.412. The number of sulfone groups is 1. The van der Waals surface area contributed by atoms with Crippen molar-refractivity contribution >= 4 is 21.9 Å². The van der Waals surface area contributed by atoms with Gasteiger partial charge in [-0.3, -0.25) is 4.79 Å². The largest absolute Gasteiger partial charge is 0.496 e. The van der Waals surface area contributed by atoms with Crippen LogP contribution in [-0.4, -0.2) is 74.7 Å². The number of carboxylic acid groups (broad SMARTS) is 1. The predicted molar refractivity (Wildman–Crippen MR) is 171 cm³/mol. The molecule has 1 fully saturated rings. The quantitative estimate of drug-likeness (QED) is 0.271. The molecular formula is C34H42N2O8S. The molecule has 1 amide bonds. The van der Waals surface area contributed by atoms with Crippen LogP contribution in [-0.2, 0) is 19.4 Å². The molecule has 1 heterocycles. The summed E-state index contributed by atoms with van der Waals surface area (Å²) in [7, 11) is -0.831. The van der Waals surface area contributed by atoms with E-state index in [4.69, 9.17) is 14.2 Å². The second kappa shape index (κ2) is 13.9. The number of hydrogen-bond acceptors (Lipinski definition) is 8. The van der Waals surface area contributed by atoms with Crippen LogP contribution in [0.2, 0.25) is 0 Å². The molecule has 3 aromatic carbocycles. The molecule has 11 heteroatoms. The number of benzene rings is 3. The normalized spacial score (nSPS) is 17.8. The molecule has 0 saturated carbocycles. The van der Waals surface area contributed by atoms with Crippen LogP contribution < -0.4 is 14.8 Å². The van der Waals surface area contributed by atoms with E-state index < -0.39 is 38.3 Å². The average Bonchev–Trinajstić information content (AvgIpc) is 3.02. The molecule has 1 aliphatic heterocycles. The van der Waals surface area contributed by atoms with Gasteiger partial charge in [0.05, 0.1) is 31.1 Å². The van der Waals surface area contributed by atoms with Crippen molar-refractivity contribution < 1.29 is 37.3 Å². The van der Waals surface area contributed by atoms with Crippen LogP contribution in [0.3, 0.4) is 0 Å². The number of hydrogen-bond donors (Lipinski definition) is 2. The molecular weight excluding hydrogens is 596 g/mol. The van der Waals surface area contributed by atoms with Gasteiger partial charge >= 0.3 is 12.1 Å². The maximum absolute atomic E-state index is 14.3. The highest BCUT2D eigenvalue weighted by atomic mass is 32.2. The SMILES string of the molecule is COc1cccc(OC)c1-c1ccc([C@@H](CC(=O)O)NCC2(S(=O)(=O)c3ccccc3)CCCN(C(=O)OC(C)(C)C)C2)cc1. The van der Waals surface area contributed by atoms with Gasteiger partial charge in [-0.05, 0) is 69.0 Å². The Hall–Kier alpha value is -4.09. The maximum Gasteiger partial charge on any atom is 0.410 e. The summed E-state index contributed by atoms with van der Waals surface area (Å²) in [5.41, 5.74) is 1.49. The zero-order valence-electron chi connectivity index (χ0n) is 26.4. The summed E-state index contributed by atoms with van der Waals surface area (Å²) in [5, 5.41) is 13.1. The van der Waals surface area contributed by atoms with Gasteiger partial charge in [-0.1, -0.05) is 48.5 Å². The van der Waals surface area contributed by atoms with E-state index in [1.165, 1.54) is 4.90 Å². The lowest BCUT2D eigenvalue weighted by Crippen LogP contribution is -2.59. The smallest absolute Gasteiger partial charge is 0.410 e. The second-order valence-corrected chi connectivity index (χ2v) is 14.5. The van der Waals surface area contributed by atoms with Gasteiger partial charge in [-0.25, -0.2) is 13.2 Å². The summed E-state index contributed by atoms with van der Waals surface area (Å²) in [4.78, 5) is 26.7. The number of aliphatic carboxylic acids is 1. The van der Waals surface area contributed by atoms with E-state index in [1.54, 1.807) is 65.3 Å². The number of nitrogens with one attached hydrogen (secondary N) is 1. The first-order valence-electron chi connectivity index (χ1n) is 14.8. The zero-order chi connectivity index (χ0) is 32.8. The van der Waals surface area contributed by atoms with Crippen LogP contribution in [0.4, 0.5) is 4.79 Å². The molecule has 45 heavy (non-hydrogen) atoms. The number of ether oxygens (including phenoxy) is 3. The Labute approximate surface area is 265 Å². The minimum Gasteiger partial charge on any atom is -0.496 e. The zero-order valence-corrected chi connectivity index (χ0v) is 27.2. The number of nitrogens with zero attached hydrogens (tertiary/aromatic N) is 1. The first-order valence-corrected chi connectivity index (χ1v) is 16.3. The lowest BCUT2D eigenvalue weighted by Gasteiger charge is -2.43. The third-order valence-corrected chi connectivity index (χ3v) is 10.4. The van der Waals surface area contributed by atoms with Gasteiger partial charge in [-0.2, -0.15) is 0 Å². The Bertz CT molecular complexity index is 1560. The van der Waals surface area contributed by atoms with Gasteiger partial charge in [0.15, 0.2) is 9.84 Å². The summed E-state index contributed by atoms with van der Waals surface area (Å²) in [6.45, 7) is 5.46. The van der Waals surface area contributed by atoms with Gasteiger partial charge in [0.2, 0.25) is 0 Å². The van der Waals surface area contributed by atoms with Crippen LogP contribution in [0.5, 0.6) is 11.5 Å². The summed E-state index contributed by atoms with van der Waals surface area (Å²) < 4.78 is 43.9. The third kappa shape index (κ3) is 7.77. The number of rotatable bonds is 11. The van der Waals surface area contributed by atoms with Crippen LogP contribution in [0.25, 0.3) is 11.1 Å². The minimum absolute atomic E-state index is 0.0798. The van der Waals surface area contributed by atoms with E-state index in [-0.39, 0.29) is 30.8 Å². The lowest BCUT2D eigenvalue weighted by atomic mass is 9.94. The topological polar surface area (TPSA) is 131 Å². The molecule has 0 spiro atoms. The van der Waals surface area contributed by atoms with Gasteiger partial charge in [0.25, 0.3) is 0 Å². The molecule has 1 aliphatic rings. The maximum atomic E-state index is 14.3. The van der Waals surface area contributed by atoms with Crippen LogP contribution in [0, 0.1) is 0 Å². The number of likely N-dealkylation sites (tertiary alicyclic amines) is 1. The van der Waals surface area contributed by atoms with Gasteiger partial charge in [0.1, 0.15) is 21.8 Å². The molecule has 2 atom stereocenters. The fourth-order valence-electron chi connectivity index (χ4n) is 5.70. The number of carboxylic acids is 1. The Balaban J connectivity index is 1.68. The summed E-state index contributed by atoms with van der Waals surface area (Å²) >= 11 is 0. The fourth-order valence-corrected chi connectivity index (χ4v) is 7.73. The average molecular weight is 639 g/mol. The van der Waals surface area contributed by atoms with Crippen LogP contribution in [0.1, 0.15) is 51.6 Å². The molecule has 1 unspecified atom stereocenters. The Morgan fingerprint density at radius 1 is 0.956 bits per heavy atom. The molecule has 242 valence electrons. The van der Waals surface area contributed by atoms with Crippen LogP contribution in [0.15, 0.2) is 77.7 Å². The molecule has 3 aromatic rings. The molecule has 1 saturated heterocycles. The van der Waals surface area contributed by atoms with Gasteiger partial charge < -0.3 is 29.5 Å². The Morgan fingerprint density at radius 2 is 1.58 bits per heavy atom. The van der Waals surface area contributed by atoms with Crippen molar-refractivity contribution in [3.05, 3.63) is 78.4 Å². The van der Waals surface area contributed by atoms with E-state index in [0.29, 0.717) is 30.0 Å². The van der Waals surface area contributed by atoms with Gasteiger partial charge in [-0.15, -0.1) is 0 Å². The van der Waals surface area contributed by atoms with E-state index in [1.807, 2.05) is 42.5 Å². The highest BCUT2D eigenvalue weighted by Crippen LogP contribution is 2.39. The molecule has 10 nitrogen and oxygen atoms in total. The molecule has 0 bridgehead atoms. The Kier molecular flexibility index (Phi) is 10.4. The standard InChI is InChI=1S/C34H42N2O8S/c1-33(2,3)44-32(39)36-20-10-19-34(23-36,45(40,41)26-11-7-6-8-12-26)22-35-27(21-30(37)38)24-15-17-25(18-16-24)31-28(42-4)13-9-14-29(31)43-5/h6-9,11-18,27,35H,10,19-23H2,1-5H3,(H,37,38)/t27-,34?/m1/s1. The number of methoxy groups -OCH3 is 2. The molecule has 0 radical (unpaired) electrons. The van der Waals surface area contributed by atoms with Crippen molar-refractivity contribution in [3.63, 3.8) is 0 Å². The summed E-state index contributed by atoms with van der Waals surface area (Å²) in [6, 6.07) is 20.3. The van der Waals surface area contributed by atoms with E-state index in [2.05, 4.69) is 5.32 Å². The predicted octanol–water partition coefficient (Wildman–Crippen LogP) is 5.72. The highest BCUT2D eigenvalue weighted by Gasteiger charge is 2.49. The minimum atomic E-state index is -3.99. The number of piperidine rings is 1. The monoisotopic (exact) mass is 638 g/mol. The number of carbonyl (C=O) groups excluding carboxylic acids is 1. The van der Waals surface area contributed by atoms with Crippen LogP contribution >= 0.6 is 0 Å². The van der Waals surface area contributed by atoms with Crippen molar-refractivity contribution in [1.29, 1.82) is 0 Å². The first kappa shape index (κ1) is 33.8. The molecule has 4 rings (SSSR count). The van der Waals surface area contributed by atoms with Crippen molar-refractivity contribution in [3.8, 4) is 22.6 Å². The number of carbonyl (C=O) groups is 2. The third-order valence-electron chi connectivity index (χ3n) is 7.89. The van der Waals surface area contributed by atoms with Crippen molar-refractivity contribution in [1.82, 2.24) is 10.2 Å². The first-order chi connectivity index (χ1) is 21.3. The van der Waals surface area contributed by atoms with Crippen molar-refractivity contribution in [2.24, 2.45) is 0 Å². The molecule has 2 N–H and O–H groups in total. The van der Waals surface area contributed by atoms with E-state index >= 15 is 0 Å². The molecule has 0 aliphatic carbocycles.